The number of nitrogens with zero attached hydrogens (tertiary/aromatic N) is 1. The van der Waals surface area contributed by atoms with Crippen LogP contribution in [0.3, 0.4) is 0 Å². The predicted octanol–water partition coefficient (Wildman–Crippen LogP) is 2.19. The van der Waals surface area contributed by atoms with Gasteiger partial charge < -0.3 is 10.2 Å². The zero-order chi connectivity index (χ0) is 17.0. The lowest BCUT2D eigenvalue weighted by molar-refractivity contribution is -0.118. The van der Waals surface area contributed by atoms with Crippen molar-refractivity contribution < 1.29 is 14.4 Å². The van der Waals surface area contributed by atoms with Crippen molar-refractivity contribution in [2.45, 2.75) is 6.92 Å². The molecule has 0 heterocycles. The second-order valence-electron chi connectivity index (χ2n) is 4.97. The molecule has 0 fully saturated rings. The molecule has 2 rings (SSSR count). The van der Waals surface area contributed by atoms with Crippen LogP contribution in [0.1, 0.15) is 27.6 Å². The average Bonchev–Trinajstić information content (AvgIpc) is 2.52. The average molecular weight is 355 g/mol. The standard InChI is InChI=1S/C16H16Cl2N2O3/c1-10(21)19-13-14(20(8-6-17)9-7-18)16(23)12-5-3-2-4-11(12)15(13)22/h2-5H,6-9H2,1H3,(H,19,21). The van der Waals surface area contributed by atoms with Crippen LogP contribution in [0.25, 0.3) is 0 Å². The minimum atomic E-state index is -0.422. The molecule has 0 saturated heterocycles. The highest BCUT2D eigenvalue weighted by Gasteiger charge is 2.35. The molecule has 0 atom stereocenters. The lowest BCUT2D eigenvalue weighted by Crippen LogP contribution is -2.41. The number of benzene rings is 1. The van der Waals surface area contributed by atoms with Crippen LogP contribution < -0.4 is 5.32 Å². The summed E-state index contributed by atoms with van der Waals surface area (Å²) >= 11 is 11.6. The Balaban J connectivity index is 2.61. The van der Waals surface area contributed by atoms with Gasteiger partial charge in [0.25, 0.3) is 0 Å². The first kappa shape index (κ1) is 17.5. The highest BCUT2D eigenvalue weighted by molar-refractivity contribution is 6.27. The molecule has 122 valence electrons. The molecule has 23 heavy (non-hydrogen) atoms. The number of carbonyl (C=O) groups is 3. The van der Waals surface area contributed by atoms with E-state index in [0.717, 1.165) is 0 Å². The van der Waals surface area contributed by atoms with E-state index in [1.807, 2.05) is 0 Å². The molecule has 5 nitrogen and oxygen atoms in total. The Labute approximate surface area is 144 Å². The summed E-state index contributed by atoms with van der Waals surface area (Å²) in [5, 5.41) is 2.49. The van der Waals surface area contributed by atoms with Crippen molar-refractivity contribution in [2.75, 3.05) is 24.8 Å². The summed E-state index contributed by atoms with van der Waals surface area (Å²) < 4.78 is 0. The topological polar surface area (TPSA) is 66.5 Å². The van der Waals surface area contributed by atoms with E-state index in [4.69, 9.17) is 23.2 Å². The Bertz CT molecular complexity index is 680. The van der Waals surface area contributed by atoms with E-state index < -0.39 is 5.91 Å². The number of ketones is 2. The van der Waals surface area contributed by atoms with Gasteiger partial charge in [-0.15, -0.1) is 23.2 Å². The van der Waals surface area contributed by atoms with Crippen LogP contribution in [-0.4, -0.2) is 47.2 Å². The summed E-state index contributed by atoms with van der Waals surface area (Å²) in [6.45, 7) is 1.97. The van der Waals surface area contributed by atoms with Crippen molar-refractivity contribution >= 4 is 40.7 Å². The van der Waals surface area contributed by atoms with Gasteiger partial charge >= 0.3 is 0 Å². The highest BCUT2D eigenvalue weighted by Crippen LogP contribution is 2.27. The number of alkyl halides is 2. The molecule has 0 spiro atoms. The first-order valence-corrected chi connectivity index (χ1v) is 8.15. The lowest BCUT2D eigenvalue weighted by atomic mass is 9.89. The Morgan fingerprint density at radius 1 is 1.04 bits per heavy atom. The molecule has 7 heteroatoms. The molecule has 1 N–H and O–H groups in total. The SMILES string of the molecule is CC(=O)NC1=C(N(CCCl)CCCl)C(=O)c2ccccc2C1=O. The number of Topliss-reactive ketones (excluding diaryl/α,β-unsaturated/α-hetero) is 2. The van der Waals surface area contributed by atoms with Crippen LogP contribution in [0.15, 0.2) is 35.7 Å². The van der Waals surface area contributed by atoms with E-state index in [9.17, 15) is 14.4 Å². The van der Waals surface area contributed by atoms with Gasteiger partial charge in [0.15, 0.2) is 0 Å². The number of amides is 1. The molecule has 1 aromatic carbocycles. The van der Waals surface area contributed by atoms with E-state index in [0.29, 0.717) is 18.7 Å². The van der Waals surface area contributed by atoms with E-state index in [-0.39, 0.29) is 40.3 Å². The molecule has 0 bridgehead atoms. The Kier molecular flexibility index (Phi) is 5.80. The minimum Gasteiger partial charge on any atom is -0.364 e. The van der Waals surface area contributed by atoms with Gasteiger partial charge in [-0.1, -0.05) is 24.3 Å². The lowest BCUT2D eigenvalue weighted by Gasteiger charge is -2.30. The molecule has 1 aliphatic carbocycles. The molecule has 1 aromatic rings. The van der Waals surface area contributed by atoms with Gasteiger partial charge in [0.1, 0.15) is 11.4 Å². The molecular weight excluding hydrogens is 339 g/mol. The molecule has 1 aliphatic rings. The second kappa shape index (κ2) is 7.62. The smallest absolute Gasteiger partial charge is 0.221 e. The van der Waals surface area contributed by atoms with Gasteiger partial charge in [0.2, 0.25) is 17.5 Å². The highest BCUT2D eigenvalue weighted by atomic mass is 35.5. The zero-order valence-corrected chi connectivity index (χ0v) is 14.1. The number of hydrogen-bond acceptors (Lipinski definition) is 4. The number of fused-ring (bicyclic) bond motifs is 1. The zero-order valence-electron chi connectivity index (χ0n) is 12.6. The van der Waals surface area contributed by atoms with E-state index in [1.165, 1.54) is 6.92 Å². The maximum atomic E-state index is 12.9. The van der Waals surface area contributed by atoms with Crippen molar-refractivity contribution in [3.05, 3.63) is 46.8 Å². The molecule has 0 unspecified atom stereocenters. The first-order valence-electron chi connectivity index (χ1n) is 7.08. The predicted molar refractivity (Wildman–Crippen MR) is 89.0 cm³/mol. The fourth-order valence-corrected chi connectivity index (χ4v) is 2.90. The molecule has 0 radical (unpaired) electrons. The van der Waals surface area contributed by atoms with Crippen molar-refractivity contribution in [3.63, 3.8) is 0 Å². The largest absolute Gasteiger partial charge is 0.364 e. The minimum absolute atomic E-state index is 0.0172. The molecule has 0 aromatic heterocycles. The summed E-state index contributed by atoms with van der Waals surface area (Å²) in [5.74, 6) is -0.610. The van der Waals surface area contributed by atoms with Gasteiger partial charge in [-0.05, 0) is 0 Å². The van der Waals surface area contributed by atoms with Crippen LogP contribution in [0.5, 0.6) is 0 Å². The summed E-state index contributed by atoms with van der Waals surface area (Å²) in [5.41, 5.74) is 0.721. The van der Waals surface area contributed by atoms with Gasteiger partial charge in [-0.3, -0.25) is 14.4 Å². The van der Waals surface area contributed by atoms with E-state index in [1.54, 1.807) is 29.2 Å². The summed E-state index contributed by atoms with van der Waals surface area (Å²) in [6, 6.07) is 6.54. The van der Waals surface area contributed by atoms with E-state index in [2.05, 4.69) is 5.32 Å². The van der Waals surface area contributed by atoms with Crippen LogP contribution in [0.4, 0.5) is 0 Å². The number of allylic oxidation sites excluding steroid dienone is 2. The van der Waals surface area contributed by atoms with Crippen LogP contribution in [-0.2, 0) is 4.79 Å². The third-order valence-electron chi connectivity index (χ3n) is 3.42. The Hall–Kier alpha value is -1.85. The van der Waals surface area contributed by atoms with Crippen LogP contribution >= 0.6 is 23.2 Å². The van der Waals surface area contributed by atoms with Crippen molar-refractivity contribution in [1.82, 2.24) is 10.2 Å². The van der Waals surface area contributed by atoms with Gasteiger partial charge in [-0.2, -0.15) is 0 Å². The number of hydrogen-bond donors (Lipinski definition) is 1. The maximum Gasteiger partial charge on any atom is 0.221 e. The van der Waals surface area contributed by atoms with Crippen LogP contribution in [0.2, 0.25) is 0 Å². The third kappa shape index (κ3) is 3.57. The molecule has 0 aliphatic heterocycles. The Morgan fingerprint density at radius 2 is 1.57 bits per heavy atom. The maximum absolute atomic E-state index is 12.9. The normalized spacial score (nSPS) is 13.9. The molecule has 0 saturated carbocycles. The number of halogens is 2. The fourth-order valence-electron chi connectivity index (χ4n) is 2.50. The summed E-state index contributed by atoms with van der Waals surface area (Å²) in [7, 11) is 0. The molecule has 1 amide bonds. The molecular formula is C16H16Cl2N2O3. The number of carbonyl (C=O) groups excluding carboxylic acids is 3. The number of rotatable bonds is 6. The summed E-state index contributed by atoms with van der Waals surface area (Å²) in [4.78, 5) is 38.7. The van der Waals surface area contributed by atoms with Gasteiger partial charge in [-0.25, -0.2) is 0 Å². The quantitative estimate of drug-likeness (QED) is 0.795. The van der Waals surface area contributed by atoms with Crippen molar-refractivity contribution in [3.8, 4) is 0 Å². The number of nitrogens with one attached hydrogen (secondary N) is 1. The fraction of sp³-hybridized carbons (Fsp3) is 0.312. The van der Waals surface area contributed by atoms with Crippen LogP contribution in [0, 0.1) is 0 Å². The Morgan fingerprint density at radius 3 is 2.04 bits per heavy atom. The van der Waals surface area contributed by atoms with Crippen molar-refractivity contribution in [2.24, 2.45) is 0 Å². The summed E-state index contributed by atoms with van der Waals surface area (Å²) in [6.07, 6.45) is 0. The van der Waals surface area contributed by atoms with Gasteiger partial charge in [0.05, 0.1) is 0 Å². The first-order chi connectivity index (χ1) is 11.0. The monoisotopic (exact) mass is 354 g/mol. The third-order valence-corrected chi connectivity index (χ3v) is 3.76. The second-order valence-corrected chi connectivity index (χ2v) is 5.73. The van der Waals surface area contributed by atoms with E-state index >= 15 is 0 Å². The van der Waals surface area contributed by atoms with Gasteiger partial charge in [0, 0.05) is 42.9 Å². The van der Waals surface area contributed by atoms with Crippen molar-refractivity contribution in [1.29, 1.82) is 0 Å².